The van der Waals surface area contributed by atoms with Gasteiger partial charge in [0.15, 0.2) is 0 Å². The van der Waals surface area contributed by atoms with Crippen LogP contribution in [0.5, 0.6) is 5.75 Å². The monoisotopic (exact) mass is 252 g/mol. The standard InChI is InChI=1S/C12H9ClO2S/c13-16-11-7-8-3-1-2-4-9(8)15-10(11)5-6-12(16)14/h1-5H,6-7H2. The number of hydrogen-bond acceptors (Lipinski definition) is 2. The van der Waals surface area contributed by atoms with Crippen LogP contribution < -0.4 is 4.74 Å². The van der Waals surface area contributed by atoms with Crippen molar-refractivity contribution in [2.45, 2.75) is 12.8 Å². The third-order valence-electron chi connectivity index (χ3n) is 2.69. The van der Waals surface area contributed by atoms with Gasteiger partial charge in [0, 0.05) is 17.7 Å². The summed E-state index contributed by atoms with van der Waals surface area (Å²) in [5.41, 5.74) is 1.10. The smallest absolute Gasteiger partial charge is 0.201 e. The van der Waals surface area contributed by atoms with E-state index in [1.165, 1.54) is 0 Å². The summed E-state index contributed by atoms with van der Waals surface area (Å²) < 4.78 is 5.75. The van der Waals surface area contributed by atoms with Gasteiger partial charge in [-0.3, -0.25) is 4.79 Å². The van der Waals surface area contributed by atoms with Crippen molar-refractivity contribution in [1.82, 2.24) is 0 Å². The molecular formula is C12H9ClO2S. The maximum Gasteiger partial charge on any atom is 0.201 e. The summed E-state index contributed by atoms with van der Waals surface area (Å²) in [7, 11) is 5.33. The highest BCUT2D eigenvalue weighted by Gasteiger charge is 2.26. The highest BCUT2D eigenvalue weighted by molar-refractivity contribution is 8.45. The molecule has 2 aliphatic heterocycles. The van der Waals surface area contributed by atoms with E-state index >= 15 is 0 Å². The van der Waals surface area contributed by atoms with Crippen molar-refractivity contribution in [3.05, 3.63) is 41.7 Å². The molecule has 0 bridgehead atoms. The van der Waals surface area contributed by atoms with Gasteiger partial charge < -0.3 is 4.74 Å². The lowest BCUT2D eigenvalue weighted by atomic mass is 10.0. The van der Waals surface area contributed by atoms with E-state index < -0.39 is 9.70 Å². The topological polar surface area (TPSA) is 26.3 Å². The van der Waals surface area contributed by atoms with Gasteiger partial charge in [-0.2, -0.15) is 0 Å². The highest BCUT2D eigenvalue weighted by atomic mass is 35.7. The lowest BCUT2D eigenvalue weighted by Crippen LogP contribution is -2.22. The van der Waals surface area contributed by atoms with Crippen LogP contribution in [0.15, 0.2) is 36.1 Å². The zero-order chi connectivity index (χ0) is 11.1. The molecule has 0 saturated heterocycles. The van der Waals surface area contributed by atoms with Crippen molar-refractivity contribution >= 4 is 30.4 Å². The Hall–Kier alpha value is -1.06. The summed E-state index contributed by atoms with van der Waals surface area (Å²) in [5, 5.41) is 0.0865. The van der Waals surface area contributed by atoms with Crippen LogP contribution in [0.4, 0.5) is 0 Å². The summed E-state index contributed by atoms with van der Waals surface area (Å²) in [6.07, 6.45) is 2.94. The van der Waals surface area contributed by atoms with E-state index in [9.17, 15) is 4.79 Å². The van der Waals surface area contributed by atoms with E-state index in [1.54, 1.807) is 0 Å². The van der Waals surface area contributed by atoms with Crippen LogP contribution >= 0.6 is 20.4 Å². The number of rotatable bonds is 0. The fourth-order valence-corrected chi connectivity index (χ4v) is 3.55. The average Bonchev–Trinajstić information content (AvgIpc) is 2.32. The van der Waals surface area contributed by atoms with Gasteiger partial charge in [0.05, 0.1) is 0 Å². The minimum absolute atomic E-state index is 0.0865. The number of ether oxygens (including phenoxy) is 1. The Morgan fingerprint density at radius 2 is 2.12 bits per heavy atom. The Labute approximate surface area is 100 Å². The number of halogens is 1. The molecule has 0 aromatic heterocycles. The number of para-hydroxylation sites is 1. The van der Waals surface area contributed by atoms with Gasteiger partial charge in [-0.15, -0.1) is 0 Å². The summed E-state index contributed by atoms with van der Waals surface area (Å²) in [6.45, 7) is 0. The summed E-state index contributed by atoms with van der Waals surface area (Å²) >= 11 is 0. The second-order valence-corrected chi connectivity index (χ2v) is 6.10. The molecule has 0 radical (unpaired) electrons. The van der Waals surface area contributed by atoms with E-state index in [0.717, 1.165) is 28.4 Å². The first-order chi connectivity index (χ1) is 7.75. The number of benzene rings is 1. The van der Waals surface area contributed by atoms with Crippen LogP contribution in [0.3, 0.4) is 0 Å². The summed E-state index contributed by atoms with van der Waals surface area (Å²) in [5.74, 6) is 1.66. The van der Waals surface area contributed by atoms with E-state index in [0.29, 0.717) is 6.42 Å². The second kappa shape index (κ2) is 3.75. The fraction of sp³-hybridized carbons (Fsp3) is 0.167. The van der Waals surface area contributed by atoms with Gasteiger partial charge in [0.25, 0.3) is 0 Å². The maximum absolute atomic E-state index is 11.5. The fourth-order valence-electron chi connectivity index (χ4n) is 1.88. The summed E-state index contributed by atoms with van der Waals surface area (Å²) in [6, 6.07) is 7.86. The van der Waals surface area contributed by atoms with Crippen molar-refractivity contribution < 1.29 is 9.53 Å². The third kappa shape index (κ3) is 1.51. The molecule has 2 nitrogen and oxygen atoms in total. The maximum atomic E-state index is 11.5. The van der Waals surface area contributed by atoms with Crippen molar-refractivity contribution in [1.29, 1.82) is 0 Å². The van der Waals surface area contributed by atoms with E-state index in [1.807, 2.05) is 30.3 Å². The summed E-state index contributed by atoms with van der Waals surface area (Å²) in [4.78, 5) is 12.4. The van der Waals surface area contributed by atoms with Gasteiger partial charge in [-0.25, -0.2) is 0 Å². The van der Waals surface area contributed by atoms with Crippen LogP contribution in [-0.4, -0.2) is 9.98 Å². The zero-order valence-corrected chi connectivity index (χ0v) is 9.98. The van der Waals surface area contributed by atoms with Crippen LogP contribution in [-0.2, 0) is 11.2 Å². The molecule has 0 amide bonds. The number of fused-ring (bicyclic) bond motifs is 2. The lowest BCUT2D eigenvalue weighted by Gasteiger charge is -2.25. The van der Waals surface area contributed by atoms with Crippen molar-refractivity contribution in [2.24, 2.45) is 0 Å². The molecule has 0 saturated carbocycles. The predicted molar refractivity (Wildman–Crippen MR) is 66.9 cm³/mol. The van der Waals surface area contributed by atoms with E-state index in [-0.39, 0.29) is 5.12 Å². The van der Waals surface area contributed by atoms with Gasteiger partial charge in [-0.1, -0.05) is 18.2 Å². The molecule has 16 heavy (non-hydrogen) atoms. The number of carbonyl (C=O) groups excluding carboxylic acids is 1. The SMILES string of the molecule is O=C1CC=C2Oc3ccccc3CC2=S1Cl. The van der Waals surface area contributed by atoms with E-state index in [2.05, 4.69) is 0 Å². The lowest BCUT2D eigenvalue weighted by molar-refractivity contribution is -0.110. The Morgan fingerprint density at radius 3 is 3.00 bits per heavy atom. The van der Waals surface area contributed by atoms with Crippen LogP contribution in [0, 0.1) is 0 Å². The number of hydrogen-bond donors (Lipinski definition) is 0. The van der Waals surface area contributed by atoms with Gasteiger partial charge in [0.2, 0.25) is 5.12 Å². The van der Waals surface area contributed by atoms with Crippen molar-refractivity contribution in [2.75, 3.05) is 0 Å². The predicted octanol–water partition coefficient (Wildman–Crippen LogP) is 3.03. The molecular weight excluding hydrogens is 244 g/mol. The molecule has 1 aromatic rings. The normalized spacial score (nSPS) is 23.1. The molecule has 82 valence electrons. The van der Waals surface area contributed by atoms with Gasteiger partial charge >= 0.3 is 0 Å². The van der Waals surface area contributed by atoms with Crippen LogP contribution in [0.2, 0.25) is 0 Å². The first-order valence-corrected chi connectivity index (χ1v) is 7.06. The van der Waals surface area contributed by atoms with Crippen LogP contribution in [0.25, 0.3) is 0 Å². The molecule has 0 N–H and O–H groups in total. The largest absolute Gasteiger partial charge is 0.457 e. The molecule has 1 atom stereocenters. The molecule has 1 unspecified atom stereocenters. The first kappa shape index (κ1) is 10.1. The molecule has 2 heterocycles. The molecule has 0 aliphatic carbocycles. The minimum atomic E-state index is -0.802. The number of allylic oxidation sites excluding steroid dienone is 2. The molecule has 0 spiro atoms. The molecule has 4 heteroatoms. The second-order valence-electron chi connectivity index (χ2n) is 3.71. The quantitative estimate of drug-likeness (QED) is 0.664. The Kier molecular flexibility index (Phi) is 2.37. The minimum Gasteiger partial charge on any atom is -0.457 e. The molecule has 0 fully saturated rings. The zero-order valence-electron chi connectivity index (χ0n) is 8.40. The van der Waals surface area contributed by atoms with Crippen LogP contribution in [0.1, 0.15) is 12.0 Å². The Morgan fingerprint density at radius 1 is 1.31 bits per heavy atom. The highest BCUT2D eigenvalue weighted by Crippen LogP contribution is 2.38. The number of carbonyl (C=O) groups is 1. The Bertz CT molecular complexity index is 546. The average molecular weight is 253 g/mol. The van der Waals surface area contributed by atoms with Crippen molar-refractivity contribution in [3.63, 3.8) is 0 Å². The first-order valence-electron chi connectivity index (χ1n) is 5.01. The van der Waals surface area contributed by atoms with Crippen molar-refractivity contribution in [3.8, 4) is 5.75 Å². The third-order valence-corrected chi connectivity index (χ3v) is 5.11. The Balaban J connectivity index is 2.13. The van der Waals surface area contributed by atoms with Gasteiger partial charge in [-0.05, 0) is 38.1 Å². The van der Waals surface area contributed by atoms with Gasteiger partial charge in [0.1, 0.15) is 11.5 Å². The molecule has 1 aromatic carbocycles. The molecule has 3 rings (SSSR count). The molecule has 2 aliphatic rings. The van der Waals surface area contributed by atoms with E-state index in [4.69, 9.17) is 15.4 Å².